The van der Waals surface area contributed by atoms with Crippen molar-refractivity contribution in [3.05, 3.63) is 57.5 Å². The number of aryl methyl sites for hydroxylation is 1. The lowest BCUT2D eigenvalue weighted by molar-refractivity contribution is 0.174. The van der Waals surface area contributed by atoms with Crippen molar-refractivity contribution in [3.8, 4) is 23.0 Å². The van der Waals surface area contributed by atoms with Crippen LogP contribution in [0.15, 0.2) is 35.1 Å². The van der Waals surface area contributed by atoms with Crippen LogP contribution in [-0.4, -0.2) is 37.5 Å². The molecule has 198 valence electrons. The molecule has 0 saturated carbocycles. The van der Waals surface area contributed by atoms with Gasteiger partial charge in [-0.1, -0.05) is 13.3 Å². The number of benzene rings is 2. The zero-order valence-electron chi connectivity index (χ0n) is 21.2. The lowest BCUT2D eigenvalue weighted by Gasteiger charge is -2.16. The largest absolute Gasteiger partial charge is 0.493 e. The van der Waals surface area contributed by atoms with Crippen molar-refractivity contribution in [2.75, 3.05) is 32.9 Å². The van der Waals surface area contributed by atoms with Gasteiger partial charge in [-0.05, 0) is 48.6 Å². The number of aromatic nitrogens is 2. The molecule has 2 N–H and O–H groups in total. The van der Waals surface area contributed by atoms with Gasteiger partial charge >= 0.3 is 0 Å². The predicted molar refractivity (Wildman–Crippen MR) is 151 cm³/mol. The zero-order chi connectivity index (χ0) is 24.5. The highest BCUT2D eigenvalue weighted by molar-refractivity contribution is 5.91. The van der Waals surface area contributed by atoms with Crippen LogP contribution in [-0.2, 0) is 12.8 Å². The van der Waals surface area contributed by atoms with Crippen LogP contribution in [0.25, 0.3) is 21.7 Å². The van der Waals surface area contributed by atoms with Crippen LogP contribution in [0.3, 0.4) is 0 Å². The maximum Gasteiger partial charge on any atom is 0.252 e. The van der Waals surface area contributed by atoms with E-state index in [1.165, 1.54) is 0 Å². The minimum Gasteiger partial charge on any atom is -0.493 e. The van der Waals surface area contributed by atoms with Crippen LogP contribution in [0, 0.1) is 0 Å². The van der Waals surface area contributed by atoms with E-state index in [1.54, 1.807) is 14.2 Å². The smallest absolute Gasteiger partial charge is 0.252 e. The first-order valence-electron chi connectivity index (χ1n) is 11.8. The number of hydrogen-bond acceptors (Lipinski definition) is 7. The molecule has 2 aromatic carbocycles. The topological polar surface area (TPSA) is 94.7 Å². The van der Waals surface area contributed by atoms with Gasteiger partial charge in [0, 0.05) is 41.1 Å². The molecule has 0 saturated heterocycles. The zero-order valence-corrected chi connectivity index (χ0v) is 22.9. The number of nitrogens with one attached hydrogen (secondary N) is 2. The summed E-state index contributed by atoms with van der Waals surface area (Å²) in [5.74, 6) is 3.35. The van der Waals surface area contributed by atoms with Gasteiger partial charge in [-0.2, -0.15) is 0 Å². The fraction of sp³-hybridized carbons (Fsp3) is 0.333. The Morgan fingerprint density at radius 3 is 2.30 bits per heavy atom. The monoisotopic (exact) mass is 547 g/mol. The summed E-state index contributed by atoms with van der Waals surface area (Å²) in [4.78, 5) is 21.3. The molecule has 2 aromatic heterocycles. The lowest BCUT2D eigenvalue weighted by Crippen LogP contribution is -2.17. The molecule has 0 radical (unpaired) electrons. The van der Waals surface area contributed by atoms with Gasteiger partial charge in [0.25, 0.3) is 5.56 Å². The summed E-state index contributed by atoms with van der Waals surface area (Å²) < 4.78 is 22.2. The average Bonchev–Trinajstić information content (AvgIpc) is 3.32. The van der Waals surface area contributed by atoms with E-state index in [0.29, 0.717) is 41.5 Å². The Morgan fingerprint density at radius 2 is 1.65 bits per heavy atom. The molecule has 0 aliphatic carbocycles. The summed E-state index contributed by atoms with van der Waals surface area (Å²) in [6.07, 6.45) is 2.07. The first-order chi connectivity index (χ1) is 17.1. The van der Waals surface area contributed by atoms with Gasteiger partial charge in [0.15, 0.2) is 23.0 Å². The average molecular weight is 548 g/mol. The van der Waals surface area contributed by atoms with Crippen LogP contribution in [0.2, 0.25) is 0 Å². The third-order valence-corrected chi connectivity index (χ3v) is 6.31. The van der Waals surface area contributed by atoms with Crippen molar-refractivity contribution in [3.63, 3.8) is 0 Å². The van der Waals surface area contributed by atoms with E-state index in [-0.39, 0.29) is 37.2 Å². The number of rotatable bonds is 8. The Bertz CT molecular complexity index is 1490. The fourth-order valence-electron chi connectivity index (χ4n) is 4.66. The van der Waals surface area contributed by atoms with Gasteiger partial charge in [0.05, 0.1) is 19.7 Å². The van der Waals surface area contributed by atoms with Gasteiger partial charge in [-0.3, -0.25) is 4.79 Å². The molecule has 0 spiro atoms. The van der Waals surface area contributed by atoms with E-state index in [0.717, 1.165) is 51.6 Å². The maximum absolute atomic E-state index is 13.4. The number of aromatic amines is 1. The lowest BCUT2D eigenvalue weighted by atomic mass is 9.96. The Morgan fingerprint density at radius 1 is 0.973 bits per heavy atom. The van der Waals surface area contributed by atoms with E-state index in [4.69, 9.17) is 23.9 Å². The molecule has 0 fully saturated rings. The number of ether oxygens (including phenoxy) is 4. The molecule has 4 aromatic rings. The highest BCUT2D eigenvalue weighted by Gasteiger charge is 2.20. The maximum atomic E-state index is 13.4. The summed E-state index contributed by atoms with van der Waals surface area (Å²) in [6.45, 7) is 5.02. The van der Waals surface area contributed by atoms with E-state index in [1.807, 2.05) is 31.2 Å². The number of nitrogens with zero attached hydrogens (tertiary/aromatic N) is 1. The second kappa shape index (κ2) is 11.8. The van der Waals surface area contributed by atoms with Crippen molar-refractivity contribution in [2.24, 2.45) is 0 Å². The predicted octanol–water partition coefficient (Wildman–Crippen LogP) is 5.64. The SMILES string of the molecule is CCCc1[nH]c(=O)c(Cc2cc3cc4c(cc3nc2NCC)OCO4)c2cc(OC)c(OC)cc12.Cl.Cl. The van der Waals surface area contributed by atoms with Gasteiger partial charge < -0.3 is 29.2 Å². The number of H-pyrrole nitrogens is 1. The van der Waals surface area contributed by atoms with E-state index in [2.05, 4.69) is 23.3 Å². The molecular formula is C27H31Cl2N3O5. The number of halogens is 2. The highest BCUT2D eigenvalue weighted by Crippen LogP contribution is 2.38. The van der Waals surface area contributed by atoms with Crippen LogP contribution >= 0.6 is 24.8 Å². The normalized spacial score (nSPS) is 11.7. The van der Waals surface area contributed by atoms with Crippen LogP contribution < -0.4 is 29.8 Å². The highest BCUT2D eigenvalue weighted by atomic mass is 35.5. The minimum atomic E-state index is -0.110. The van der Waals surface area contributed by atoms with Gasteiger partial charge in [0.1, 0.15) is 5.82 Å². The Hall–Kier alpha value is -3.36. The number of pyridine rings is 2. The number of hydrogen-bond donors (Lipinski definition) is 2. The molecule has 1 aliphatic rings. The second-order valence-electron chi connectivity index (χ2n) is 8.52. The molecule has 8 nitrogen and oxygen atoms in total. The summed E-state index contributed by atoms with van der Waals surface area (Å²) >= 11 is 0. The Balaban J connectivity index is 0.00000190. The van der Waals surface area contributed by atoms with Crippen LogP contribution in [0.5, 0.6) is 23.0 Å². The van der Waals surface area contributed by atoms with E-state index >= 15 is 0 Å². The Labute approximate surface area is 227 Å². The van der Waals surface area contributed by atoms with Gasteiger partial charge in [-0.25, -0.2) is 4.98 Å². The summed E-state index contributed by atoms with van der Waals surface area (Å²) in [5.41, 5.74) is 3.16. The second-order valence-corrected chi connectivity index (χ2v) is 8.52. The molecule has 0 atom stereocenters. The molecule has 10 heteroatoms. The quantitative estimate of drug-likeness (QED) is 0.294. The van der Waals surface area contributed by atoms with Gasteiger partial charge in [-0.15, -0.1) is 24.8 Å². The number of anilines is 1. The summed E-state index contributed by atoms with van der Waals surface area (Å²) in [5, 5.41) is 6.09. The third kappa shape index (κ3) is 5.22. The summed E-state index contributed by atoms with van der Waals surface area (Å²) in [7, 11) is 3.22. The molecule has 0 unspecified atom stereocenters. The number of fused-ring (bicyclic) bond motifs is 3. The van der Waals surface area contributed by atoms with Crippen molar-refractivity contribution in [1.82, 2.24) is 9.97 Å². The van der Waals surface area contributed by atoms with Crippen molar-refractivity contribution in [1.29, 1.82) is 0 Å². The van der Waals surface area contributed by atoms with Crippen LogP contribution in [0.4, 0.5) is 5.82 Å². The minimum absolute atomic E-state index is 0. The van der Waals surface area contributed by atoms with Crippen molar-refractivity contribution in [2.45, 2.75) is 33.1 Å². The molecule has 37 heavy (non-hydrogen) atoms. The van der Waals surface area contributed by atoms with E-state index < -0.39 is 0 Å². The molecule has 5 rings (SSSR count). The first kappa shape index (κ1) is 28.2. The Kier molecular flexibility index (Phi) is 8.99. The molecule has 0 amide bonds. The van der Waals surface area contributed by atoms with Crippen molar-refractivity contribution < 1.29 is 18.9 Å². The van der Waals surface area contributed by atoms with E-state index in [9.17, 15) is 4.79 Å². The van der Waals surface area contributed by atoms with Crippen LogP contribution in [0.1, 0.15) is 37.1 Å². The summed E-state index contributed by atoms with van der Waals surface area (Å²) in [6, 6.07) is 9.74. The molecule has 3 heterocycles. The molecular weight excluding hydrogens is 517 g/mol. The standard InChI is InChI=1S/C27H29N3O5.2ClH/c1-5-7-20-18-12-23(33-4)22(32-3)11-17(18)19(27(31)30-20)9-16-8-15-10-24-25(35-14-34-24)13-21(15)29-26(16)28-6-2;;/h8,10-13H,5-7,9,14H2,1-4H3,(H,28,29)(H,30,31);2*1H. The first-order valence-corrected chi connectivity index (χ1v) is 11.8. The van der Waals surface area contributed by atoms with Crippen molar-refractivity contribution >= 4 is 52.3 Å². The van der Waals surface area contributed by atoms with Gasteiger partial charge in [0.2, 0.25) is 6.79 Å². The molecule has 0 bridgehead atoms. The fourth-order valence-corrected chi connectivity index (χ4v) is 4.66. The number of methoxy groups -OCH3 is 2. The third-order valence-electron chi connectivity index (χ3n) is 6.31. The molecule has 1 aliphatic heterocycles.